The maximum Gasteiger partial charge on any atom is 0.285 e. The maximum atomic E-state index is 12.1. The lowest BCUT2D eigenvalue weighted by atomic mass is 10.1. The number of aryl methyl sites for hydroxylation is 1. The molecule has 0 aliphatic heterocycles. The van der Waals surface area contributed by atoms with Crippen molar-refractivity contribution < 1.29 is 5.11 Å². The Bertz CT molecular complexity index is 714. The highest BCUT2D eigenvalue weighted by Crippen LogP contribution is 2.14. The normalized spacial score (nSPS) is 11.9. The van der Waals surface area contributed by atoms with Gasteiger partial charge in [0.2, 0.25) is 0 Å². The molecule has 0 saturated carbocycles. The number of nitriles is 1. The van der Waals surface area contributed by atoms with E-state index in [1.54, 1.807) is 26.0 Å². The van der Waals surface area contributed by atoms with Gasteiger partial charge in [-0.15, -0.1) is 0 Å². The second-order valence-corrected chi connectivity index (χ2v) is 4.61. The third-order valence-corrected chi connectivity index (χ3v) is 3.28. The Morgan fingerprint density at radius 1 is 1.35 bits per heavy atom. The van der Waals surface area contributed by atoms with Crippen LogP contribution in [0.5, 0.6) is 0 Å². The average molecular weight is 269 g/mol. The summed E-state index contributed by atoms with van der Waals surface area (Å²) >= 11 is 0. The molecule has 1 atom stereocenters. The van der Waals surface area contributed by atoms with Crippen LogP contribution in [0.1, 0.15) is 28.5 Å². The summed E-state index contributed by atoms with van der Waals surface area (Å²) in [6.45, 7) is 3.46. The summed E-state index contributed by atoms with van der Waals surface area (Å²) < 4.78 is 1.15. The first kappa shape index (κ1) is 14.0. The molecule has 0 saturated heterocycles. The van der Waals surface area contributed by atoms with Crippen LogP contribution in [0.25, 0.3) is 0 Å². The Kier molecular flexibility index (Phi) is 3.97. The smallest absolute Gasteiger partial charge is 0.285 e. The lowest BCUT2D eigenvalue weighted by molar-refractivity contribution is 0.149. The highest BCUT2D eigenvalue weighted by atomic mass is 16.3. The minimum absolute atomic E-state index is 0.0264. The SMILES string of the molecule is Cc1nn(CC(O)c2ccccc2)c(=O)c(C#N)c1C. The Labute approximate surface area is 116 Å². The van der Waals surface area contributed by atoms with E-state index in [2.05, 4.69) is 5.10 Å². The molecule has 1 unspecified atom stereocenters. The Balaban J connectivity index is 2.38. The van der Waals surface area contributed by atoms with Gasteiger partial charge in [-0.3, -0.25) is 4.79 Å². The molecule has 0 amide bonds. The first-order valence-corrected chi connectivity index (χ1v) is 6.26. The molecule has 0 aliphatic rings. The van der Waals surface area contributed by atoms with Crippen LogP contribution in [-0.4, -0.2) is 14.9 Å². The van der Waals surface area contributed by atoms with Crippen LogP contribution in [0.3, 0.4) is 0 Å². The van der Waals surface area contributed by atoms with Crippen molar-refractivity contribution in [2.24, 2.45) is 0 Å². The molecule has 20 heavy (non-hydrogen) atoms. The summed E-state index contributed by atoms with van der Waals surface area (Å²) in [5.41, 5.74) is 1.52. The fourth-order valence-electron chi connectivity index (χ4n) is 1.97. The molecule has 2 aromatic rings. The first-order valence-electron chi connectivity index (χ1n) is 6.26. The van der Waals surface area contributed by atoms with E-state index >= 15 is 0 Å². The molecular weight excluding hydrogens is 254 g/mol. The van der Waals surface area contributed by atoms with E-state index in [1.807, 2.05) is 24.3 Å². The molecule has 0 radical (unpaired) electrons. The largest absolute Gasteiger partial charge is 0.386 e. The zero-order valence-electron chi connectivity index (χ0n) is 11.4. The van der Waals surface area contributed by atoms with Gasteiger partial charge in [-0.05, 0) is 25.0 Å². The number of nitrogens with zero attached hydrogens (tertiary/aromatic N) is 3. The summed E-state index contributed by atoms with van der Waals surface area (Å²) in [7, 11) is 0. The standard InChI is InChI=1S/C15H15N3O2/c1-10-11(2)17-18(15(20)13(10)8-16)9-14(19)12-6-4-3-5-7-12/h3-7,14,19H,9H2,1-2H3. The molecule has 5 nitrogen and oxygen atoms in total. The Morgan fingerprint density at radius 2 is 2.00 bits per heavy atom. The van der Waals surface area contributed by atoms with Gasteiger partial charge < -0.3 is 5.11 Å². The van der Waals surface area contributed by atoms with E-state index in [9.17, 15) is 9.90 Å². The van der Waals surface area contributed by atoms with E-state index in [0.29, 0.717) is 16.8 Å². The van der Waals surface area contributed by atoms with E-state index in [1.165, 1.54) is 0 Å². The summed E-state index contributed by atoms with van der Waals surface area (Å²) in [4.78, 5) is 12.1. The fourth-order valence-corrected chi connectivity index (χ4v) is 1.97. The quantitative estimate of drug-likeness (QED) is 0.915. The summed E-state index contributed by atoms with van der Waals surface area (Å²) in [6, 6.07) is 10.9. The van der Waals surface area contributed by atoms with Crippen LogP contribution in [0.2, 0.25) is 0 Å². The van der Waals surface area contributed by atoms with Gasteiger partial charge >= 0.3 is 0 Å². The van der Waals surface area contributed by atoms with Crippen LogP contribution in [-0.2, 0) is 6.54 Å². The van der Waals surface area contributed by atoms with E-state index < -0.39 is 11.7 Å². The van der Waals surface area contributed by atoms with Crippen LogP contribution < -0.4 is 5.56 Å². The van der Waals surface area contributed by atoms with Gasteiger partial charge in [-0.25, -0.2) is 4.68 Å². The number of aliphatic hydroxyl groups excluding tert-OH is 1. The number of aromatic nitrogens is 2. The second-order valence-electron chi connectivity index (χ2n) is 4.61. The number of aliphatic hydroxyl groups is 1. The average Bonchev–Trinajstić information content (AvgIpc) is 2.46. The first-order chi connectivity index (χ1) is 9.54. The van der Waals surface area contributed by atoms with Gasteiger partial charge in [-0.1, -0.05) is 30.3 Å². The van der Waals surface area contributed by atoms with Crippen molar-refractivity contribution in [3.63, 3.8) is 0 Å². The number of hydrogen-bond acceptors (Lipinski definition) is 4. The number of hydrogen-bond donors (Lipinski definition) is 1. The van der Waals surface area contributed by atoms with Gasteiger partial charge in [-0.2, -0.15) is 10.4 Å². The molecule has 0 aliphatic carbocycles. The molecule has 0 fully saturated rings. The minimum Gasteiger partial charge on any atom is -0.386 e. The van der Waals surface area contributed by atoms with Crippen LogP contribution in [0.15, 0.2) is 35.1 Å². The molecule has 0 bridgehead atoms. The van der Waals surface area contributed by atoms with Crippen LogP contribution in [0.4, 0.5) is 0 Å². The number of rotatable bonds is 3. The van der Waals surface area contributed by atoms with Crippen LogP contribution in [0, 0.1) is 25.2 Å². The Morgan fingerprint density at radius 3 is 2.60 bits per heavy atom. The van der Waals surface area contributed by atoms with Crippen molar-refractivity contribution in [3.05, 3.63) is 63.1 Å². The lowest BCUT2D eigenvalue weighted by Crippen LogP contribution is -2.29. The highest BCUT2D eigenvalue weighted by Gasteiger charge is 2.15. The fraction of sp³-hybridized carbons (Fsp3) is 0.267. The monoisotopic (exact) mass is 269 g/mol. The van der Waals surface area contributed by atoms with Crippen molar-refractivity contribution in [1.82, 2.24) is 9.78 Å². The zero-order valence-corrected chi connectivity index (χ0v) is 11.4. The molecular formula is C15H15N3O2. The third kappa shape index (κ3) is 2.60. The molecule has 2 rings (SSSR count). The van der Waals surface area contributed by atoms with Crippen molar-refractivity contribution in [2.45, 2.75) is 26.5 Å². The van der Waals surface area contributed by atoms with E-state index in [0.717, 1.165) is 4.68 Å². The molecule has 102 valence electrons. The van der Waals surface area contributed by atoms with Gasteiger partial charge in [0, 0.05) is 0 Å². The molecule has 0 spiro atoms. The molecule has 1 aromatic heterocycles. The Hall–Kier alpha value is -2.45. The van der Waals surface area contributed by atoms with Gasteiger partial charge in [0.05, 0.1) is 18.3 Å². The van der Waals surface area contributed by atoms with Crippen molar-refractivity contribution in [1.29, 1.82) is 5.26 Å². The minimum atomic E-state index is -0.838. The maximum absolute atomic E-state index is 12.1. The summed E-state index contributed by atoms with van der Waals surface area (Å²) in [5, 5.41) is 23.3. The van der Waals surface area contributed by atoms with Gasteiger partial charge in [0.15, 0.2) is 0 Å². The molecule has 1 N–H and O–H groups in total. The van der Waals surface area contributed by atoms with Crippen molar-refractivity contribution >= 4 is 0 Å². The van der Waals surface area contributed by atoms with Crippen molar-refractivity contribution in [3.8, 4) is 6.07 Å². The van der Waals surface area contributed by atoms with Crippen molar-refractivity contribution in [2.75, 3.05) is 0 Å². The molecule has 1 heterocycles. The van der Waals surface area contributed by atoms with Crippen LogP contribution >= 0.6 is 0 Å². The third-order valence-electron chi connectivity index (χ3n) is 3.28. The van der Waals surface area contributed by atoms with E-state index in [4.69, 9.17) is 5.26 Å². The van der Waals surface area contributed by atoms with Gasteiger partial charge in [0.1, 0.15) is 11.6 Å². The summed E-state index contributed by atoms with van der Waals surface area (Å²) in [6.07, 6.45) is -0.838. The molecule has 5 heteroatoms. The molecule has 1 aromatic carbocycles. The lowest BCUT2D eigenvalue weighted by Gasteiger charge is -2.13. The number of benzene rings is 1. The predicted octanol–water partition coefficient (Wildman–Crippen LogP) is 1.47. The topological polar surface area (TPSA) is 78.9 Å². The van der Waals surface area contributed by atoms with Gasteiger partial charge in [0.25, 0.3) is 5.56 Å². The highest BCUT2D eigenvalue weighted by molar-refractivity contribution is 5.36. The second kappa shape index (κ2) is 5.68. The van der Waals surface area contributed by atoms with E-state index in [-0.39, 0.29) is 12.1 Å². The summed E-state index contributed by atoms with van der Waals surface area (Å²) in [5.74, 6) is 0. The predicted molar refractivity (Wildman–Crippen MR) is 74.1 cm³/mol. The zero-order chi connectivity index (χ0) is 14.7.